The molecule has 8 heteroatoms. The van der Waals surface area contributed by atoms with E-state index in [1.165, 1.54) is 0 Å². The lowest BCUT2D eigenvalue weighted by molar-refractivity contribution is -0.139. The first-order valence-electron chi connectivity index (χ1n) is 9.92. The van der Waals surface area contributed by atoms with Gasteiger partial charge in [-0.15, -0.1) is 11.6 Å². The van der Waals surface area contributed by atoms with E-state index in [-0.39, 0.29) is 25.0 Å². The van der Waals surface area contributed by atoms with E-state index in [2.05, 4.69) is 4.98 Å². The summed E-state index contributed by atoms with van der Waals surface area (Å²) < 4.78 is 10.7. The molecule has 31 heavy (non-hydrogen) atoms. The molecule has 3 aromatic rings. The van der Waals surface area contributed by atoms with Crippen molar-refractivity contribution in [1.29, 1.82) is 0 Å². The second kappa shape index (κ2) is 8.99. The van der Waals surface area contributed by atoms with Crippen LogP contribution in [0, 0.1) is 0 Å². The van der Waals surface area contributed by atoms with E-state index < -0.39 is 12.1 Å². The highest BCUT2D eigenvalue weighted by Gasteiger charge is 2.41. The lowest BCUT2D eigenvalue weighted by Gasteiger charge is -2.42. The van der Waals surface area contributed by atoms with Crippen LogP contribution in [0.15, 0.2) is 42.5 Å². The predicted molar refractivity (Wildman–Crippen MR) is 116 cm³/mol. The number of fused-ring (bicyclic) bond motifs is 3. The van der Waals surface area contributed by atoms with Crippen LogP contribution in [0.1, 0.15) is 28.4 Å². The second-order valence-corrected chi connectivity index (χ2v) is 7.69. The molecule has 0 bridgehead atoms. The van der Waals surface area contributed by atoms with Crippen molar-refractivity contribution in [2.75, 3.05) is 19.6 Å². The Hall–Kier alpha value is -3.03. The molecule has 1 aromatic heterocycles. The standard InChI is InChI=1S/C23H23ClN2O5/c1-30-20-7-6-14(11-27)8-18(20)23-22-17(16-4-2-3-5-19(16)25-22)9-15(12-31-13-28)26(23)21(29)10-24/h2-8,13,15,23,25,27H,9-12H2,1H3/t15-,23-/m1/s1. The molecule has 1 aliphatic rings. The Kier molecular flexibility index (Phi) is 6.15. The molecule has 162 valence electrons. The molecule has 0 radical (unpaired) electrons. The third-order valence-corrected chi connectivity index (χ3v) is 5.99. The number of aromatic nitrogens is 1. The van der Waals surface area contributed by atoms with Crippen LogP contribution >= 0.6 is 11.6 Å². The average molecular weight is 443 g/mol. The van der Waals surface area contributed by atoms with Crippen molar-refractivity contribution in [1.82, 2.24) is 9.88 Å². The van der Waals surface area contributed by atoms with Gasteiger partial charge in [-0.05, 0) is 35.7 Å². The summed E-state index contributed by atoms with van der Waals surface area (Å²) >= 11 is 5.99. The smallest absolute Gasteiger partial charge is 0.293 e. The summed E-state index contributed by atoms with van der Waals surface area (Å²) in [7, 11) is 1.56. The molecule has 7 nitrogen and oxygen atoms in total. The first kappa shape index (κ1) is 21.2. The van der Waals surface area contributed by atoms with Crippen molar-refractivity contribution in [2.24, 2.45) is 0 Å². The Balaban J connectivity index is 1.98. The van der Waals surface area contributed by atoms with Gasteiger partial charge < -0.3 is 24.5 Å². The van der Waals surface area contributed by atoms with E-state index in [1.807, 2.05) is 30.3 Å². The number of methoxy groups -OCH3 is 1. The fourth-order valence-corrected chi connectivity index (χ4v) is 4.60. The molecule has 2 aromatic carbocycles. The molecule has 2 heterocycles. The quantitative estimate of drug-likeness (QED) is 0.433. The highest BCUT2D eigenvalue weighted by Crippen LogP contribution is 2.44. The zero-order valence-electron chi connectivity index (χ0n) is 17.0. The largest absolute Gasteiger partial charge is 0.496 e. The van der Waals surface area contributed by atoms with Gasteiger partial charge in [0.2, 0.25) is 5.91 Å². The normalized spacial score (nSPS) is 18.0. The van der Waals surface area contributed by atoms with Crippen LogP contribution in [0.2, 0.25) is 0 Å². The van der Waals surface area contributed by atoms with E-state index in [1.54, 1.807) is 24.1 Å². The molecule has 0 saturated heterocycles. The minimum absolute atomic E-state index is 0.0452. The number of aromatic amines is 1. The van der Waals surface area contributed by atoms with Gasteiger partial charge in [0.25, 0.3) is 6.47 Å². The van der Waals surface area contributed by atoms with Crippen LogP contribution in [-0.2, 0) is 27.4 Å². The summed E-state index contributed by atoms with van der Waals surface area (Å²) in [5.74, 6) is 0.0779. The Bertz CT molecular complexity index is 1110. The number of aliphatic hydroxyl groups is 1. The topological polar surface area (TPSA) is 91.9 Å². The van der Waals surface area contributed by atoms with Gasteiger partial charge in [0.15, 0.2) is 0 Å². The summed E-state index contributed by atoms with van der Waals surface area (Å²) in [5.41, 5.74) is 4.27. The van der Waals surface area contributed by atoms with Crippen molar-refractivity contribution in [2.45, 2.75) is 25.1 Å². The number of amides is 1. The molecule has 1 aliphatic heterocycles. The molecule has 0 fully saturated rings. The van der Waals surface area contributed by atoms with Gasteiger partial charge in [0.1, 0.15) is 24.3 Å². The second-order valence-electron chi connectivity index (χ2n) is 7.42. The number of nitrogens with zero attached hydrogens (tertiary/aromatic N) is 1. The van der Waals surface area contributed by atoms with Gasteiger partial charge in [-0.3, -0.25) is 9.59 Å². The van der Waals surface area contributed by atoms with Crippen LogP contribution in [0.4, 0.5) is 0 Å². The number of para-hydroxylation sites is 1. The lowest BCUT2D eigenvalue weighted by Crippen LogP contribution is -2.50. The molecular weight excluding hydrogens is 420 g/mol. The number of carbonyl (C=O) groups is 2. The van der Waals surface area contributed by atoms with Crippen LogP contribution in [0.3, 0.4) is 0 Å². The zero-order valence-corrected chi connectivity index (χ0v) is 17.8. The number of H-pyrrole nitrogens is 1. The van der Waals surface area contributed by atoms with Crippen molar-refractivity contribution in [3.8, 4) is 5.75 Å². The molecule has 4 rings (SSSR count). The number of carbonyl (C=O) groups excluding carboxylic acids is 2. The molecule has 2 atom stereocenters. The number of nitrogens with one attached hydrogen (secondary N) is 1. The number of aliphatic hydroxyl groups excluding tert-OH is 1. The number of benzene rings is 2. The Morgan fingerprint density at radius 1 is 1.32 bits per heavy atom. The van der Waals surface area contributed by atoms with Crippen LogP contribution in [-0.4, -0.2) is 53.0 Å². The highest BCUT2D eigenvalue weighted by molar-refractivity contribution is 6.27. The number of hydrogen-bond donors (Lipinski definition) is 2. The van der Waals surface area contributed by atoms with Crippen LogP contribution < -0.4 is 4.74 Å². The Labute approximate surface area is 184 Å². The molecule has 0 aliphatic carbocycles. The van der Waals surface area contributed by atoms with Gasteiger partial charge in [0.05, 0.1) is 19.8 Å². The lowest BCUT2D eigenvalue weighted by atomic mass is 9.87. The SMILES string of the molecule is COc1ccc(CO)cc1[C@@H]1c2[nH]c3ccccc3c2C[C@H](COC=O)N1C(=O)CCl. The third-order valence-electron chi connectivity index (χ3n) is 5.76. The molecule has 1 amide bonds. The molecule has 2 N–H and O–H groups in total. The summed E-state index contributed by atoms with van der Waals surface area (Å²) in [4.78, 5) is 29.1. The fourth-order valence-electron chi connectivity index (χ4n) is 4.47. The zero-order chi connectivity index (χ0) is 22.0. The van der Waals surface area contributed by atoms with E-state index in [0.717, 1.165) is 27.7 Å². The maximum absolute atomic E-state index is 13.0. The summed E-state index contributed by atoms with van der Waals surface area (Å²) in [6.07, 6.45) is 0.508. The third kappa shape index (κ3) is 3.75. The van der Waals surface area contributed by atoms with Gasteiger partial charge in [-0.1, -0.05) is 24.3 Å². The fraction of sp³-hybridized carbons (Fsp3) is 0.304. The Morgan fingerprint density at radius 3 is 2.84 bits per heavy atom. The summed E-state index contributed by atoms with van der Waals surface area (Å²) in [6, 6.07) is 12.3. The first-order chi connectivity index (χ1) is 15.1. The van der Waals surface area contributed by atoms with Crippen molar-refractivity contribution >= 4 is 34.9 Å². The summed E-state index contributed by atoms with van der Waals surface area (Å²) in [5, 5.41) is 10.8. The van der Waals surface area contributed by atoms with Gasteiger partial charge in [-0.2, -0.15) is 0 Å². The molecule has 0 spiro atoms. The molecule has 0 unspecified atom stereocenters. The van der Waals surface area contributed by atoms with Crippen LogP contribution in [0.5, 0.6) is 5.75 Å². The monoisotopic (exact) mass is 442 g/mol. The van der Waals surface area contributed by atoms with Crippen molar-refractivity contribution in [3.05, 3.63) is 64.8 Å². The van der Waals surface area contributed by atoms with Crippen molar-refractivity contribution in [3.63, 3.8) is 0 Å². The predicted octanol–water partition coefficient (Wildman–Crippen LogP) is 2.92. The highest BCUT2D eigenvalue weighted by atomic mass is 35.5. The van der Waals surface area contributed by atoms with E-state index in [0.29, 0.717) is 24.2 Å². The minimum atomic E-state index is -0.552. The molecular formula is C23H23ClN2O5. The maximum Gasteiger partial charge on any atom is 0.293 e. The maximum atomic E-state index is 13.0. The van der Waals surface area contributed by atoms with E-state index >= 15 is 0 Å². The number of ether oxygens (including phenoxy) is 2. The van der Waals surface area contributed by atoms with Gasteiger partial charge in [-0.25, -0.2) is 0 Å². The number of rotatable bonds is 7. The number of hydrogen-bond acceptors (Lipinski definition) is 5. The molecule has 0 saturated carbocycles. The Morgan fingerprint density at radius 2 is 2.13 bits per heavy atom. The van der Waals surface area contributed by atoms with E-state index in [9.17, 15) is 14.7 Å². The summed E-state index contributed by atoms with van der Waals surface area (Å²) in [6.45, 7) is 0.282. The van der Waals surface area contributed by atoms with Gasteiger partial charge in [0, 0.05) is 22.2 Å². The first-order valence-corrected chi connectivity index (χ1v) is 10.5. The number of halogens is 1. The number of alkyl halides is 1. The van der Waals surface area contributed by atoms with Crippen molar-refractivity contribution < 1.29 is 24.2 Å². The average Bonchev–Trinajstić information content (AvgIpc) is 3.19. The van der Waals surface area contributed by atoms with E-state index in [4.69, 9.17) is 21.1 Å². The minimum Gasteiger partial charge on any atom is -0.496 e. The van der Waals surface area contributed by atoms with Crippen LogP contribution in [0.25, 0.3) is 10.9 Å². The van der Waals surface area contributed by atoms with Gasteiger partial charge >= 0.3 is 0 Å².